The minimum Gasteiger partial charge on any atom is -0.265 e. The summed E-state index contributed by atoms with van der Waals surface area (Å²) in [6.07, 6.45) is 0. The third-order valence-electron chi connectivity index (χ3n) is 1.70. The maximum absolute atomic E-state index is 12.9. The molecule has 0 spiro atoms. The van der Waals surface area contributed by atoms with Crippen molar-refractivity contribution in [3.63, 3.8) is 0 Å². The Morgan fingerprint density at radius 2 is 1.36 bits per heavy atom. The molecule has 0 fully saturated rings. The van der Waals surface area contributed by atoms with Crippen LogP contribution in [0, 0.1) is 23.3 Å². The van der Waals surface area contributed by atoms with E-state index in [0.717, 1.165) is 0 Å². The average Bonchev–Trinajstić information content (AvgIpc) is 2.54. The summed E-state index contributed by atoms with van der Waals surface area (Å²) in [4.78, 5) is 10.7. The molecule has 1 aromatic rings. The maximum atomic E-state index is 12.9. The predicted molar refractivity (Wildman–Crippen MR) is 35.1 cm³/mol. The zero-order valence-corrected chi connectivity index (χ0v) is 6.31. The summed E-state index contributed by atoms with van der Waals surface area (Å²) in [5.41, 5.74) is -1.87. The highest BCUT2D eigenvalue weighted by Crippen LogP contribution is 2.35. The van der Waals surface area contributed by atoms with Gasteiger partial charge in [-0.3, -0.25) is 4.79 Å². The van der Waals surface area contributed by atoms with Crippen molar-refractivity contribution in [3.8, 4) is 0 Å². The van der Waals surface area contributed by atoms with Gasteiger partial charge >= 0.3 is 5.91 Å². The van der Waals surface area contributed by atoms with Gasteiger partial charge in [-0.1, -0.05) is 0 Å². The van der Waals surface area contributed by atoms with Gasteiger partial charge in [0.2, 0.25) is 0 Å². The van der Waals surface area contributed by atoms with Crippen LogP contribution < -0.4 is 0 Å². The number of azo groups is 1. The molecule has 1 aliphatic heterocycles. The molecule has 14 heavy (non-hydrogen) atoms. The Bertz CT molecular complexity index is 483. The van der Waals surface area contributed by atoms with Crippen LogP contribution in [0.3, 0.4) is 0 Å². The molecule has 72 valence electrons. The zero-order valence-electron chi connectivity index (χ0n) is 6.31. The summed E-state index contributed by atoms with van der Waals surface area (Å²) < 4.78 is 50.9. The highest BCUT2D eigenvalue weighted by atomic mass is 19.2. The Labute approximate surface area is 74.1 Å². The van der Waals surface area contributed by atoms with E-state index in [-0.39, 0.29) is 0 Å². The minimum atomic E-state index is -2.04. The molecule has 0 radical (unpaired) electrons. The van der Waals surface area contributed by atoms with E-state index in [4.69, 9.17) is 0 Å². The molecule has 0 aliphatic carbocycles. The lowest BCUT2D eigenvalue weighted by atomic mass is 10.1. The molecule has 1 aliphatic rings. The average molecular weight is 204 g/mol. The van der Waals surface area contributed by atoms with Crippen molar-refractivity contribution in [1.29, 1.82) is 0 Å². The summed E-state index contributed by atoms with van der Waals surface area (Å²) in [7, 11) is 0. The van der Waals surface area contributed by atoms with Gasteiger partial charge in [-0.25, -0.2) is 17.6 Å². The van der Waals surface area contributed by atoms with Crippen LogP contribution in [0.1, 0.15) is 10.4 Å². The molecule has 1 amide bonds. The van der Waals surface area contributed by atoms with Crippen molar-refractivity contribution in [2.45, 2.75) is 0 Å². The molecule has 0 atom stereocenters. The number of nitrogens with zero attached hydrogens (tertiary/aromatic N) is 2. The monoisotopic (exact) mass is 204 g/mol. The molecular weight excluding hydrogens is 204 g/mol. The fraction of sp³-hybridized carbons (Fsp3) is 0. The Hall–Kier alpha value is -1.79. The van der Waals surface area contributed by atoms with Crippen molar-refractivity contribution >= 4 is 11.6 Å². The number of hydrogen-bond donors (Lipinski definition) is 0. The van der Waals surface area contributed by atoms with Gasteiger partial charge in [0.05, 0.1) is 0 Å². The smallest absolute Gasteiger partial charge is 0.265 e. The summed E-state index contributed by atoms with van der Waals surface area (Å²) >= 11 is 0. The quantitative estimate of drug-likeness (QED) is 0.363. The van der Waals surface area contributed by atoms with E-state index < -0.39 is 40.4 Å². The normalized spacial score (nSPS) is 13.6. The van der Waals surface area contributed by atoms with Gasteiger partial charge in [0.15, 0.2) is 23.3 Å². The number of hydrogen-bond acceptors (Lipinski definition) is 2. The van der Waals surface area contributed by atoms with E-state index >= 15 is 0 Å². The van der Waals surface area contributed by atoms with E-state index in [9.17, 15) is 22.4 Å². The highest BCUT2D eigenvalue weighted by molar-refractivity contribution is 6.02. The van der Waals surface area contributed by atoms with Crippen LogP contribution in [0.2, 0.25) is 0 Å². The summed E-state index contributed by atoms with van der Waals surface area (Å²) in [6, 6.07) is 0. The lowest BCUT2D eigenvalue weighted by molar-refractivity contribution is 0.0997. The van der Waals surface area contributed by atoms with E-state index in [2.05, 4.69) is 10.2 Å². The number of rotatable bonds is 0. The standard InChI is InChI=1S/C7F4N2O/c8-2-1-6(12-13-7(1)14)5(11)4(10)3(2)9. The lowest BCUT2D eigenvalue weighted by Gasteiger charge is -2.01. The third-order valence-corrected chi connectivity index (χ3v) is 1.70. The van der Waals surface area contributed by atoms with Gasteiger partial charge < -0.3 is 0 Å². The Balaban J connectivity index is 2.89. The van der Waals surface area contributed by atoms with E-state index in [0.29, 0.717) is 0 Å². The molecule has 1 aromatic carbocycles. The molecule has 1 heterocycles. The van der Waals surface area contributed by atoms with Gasteiger partial charge in [-0.05, 0) is 0 Å². The van der Waals surface area contributed by atoms with Gasteiger partial charge in [0.25, 0.3) is 0 Å². The maximum Gasteiger partial charge on any atom is 0.300 e. The molecule has 2 rings (SSSR count). The SMILES string of the molecule is O=C1N=Nc2c(F)c(F)c(F)c(F)c21. The number of carbonyl (C=O) groups is 1. The second kappa shape index (κ2) is 2.60. The van der Waals surface area contributed by atoms with Gasteiger partial charge in [-0.2, -0.15) is 0 Å². The fourth-order valence-corrected chi connectivity index (χ4v) is 1.05. The van der Waals surface area contributed by atoms with Crippen molar-refractivity contribution in [3.05, 3.63) is 28.8 Å². The van der Waals surface area contributed by atoms with Crippen LogP contribution >= 0.6 is 0 Å². The largest absolute Gasteiger partial charge is 0.300 e. The van der Waals surface area contributed by atoms with Crippen LogP contribution in [0.4, 0.5) is 23.2 Å². The number of amides is 1. The van der Waals surface area contributed by atoms with Crippen molar-refractivity contribution in [2.75, 3.05) is 0 Å². The van der Waals surface area contributed by atoms with Crippen molar-refractivity contribution in [1.82, 2.24) is 0 Å². The van der Waals surface area contributed by atoms with Gasteiger partial charge in [0.1, 0.15) is 11.3 Å². The van der Waals surface area contributed by atoms with Crippen LogP contribution in [-0.4, -0.2) is 5.91 Å². The van der Waals surface area contributed by atoms with Crippen molar-refractivity contribution in [2.24, 2.45) is 10.2 Å². The fourth-order valence-electron chi connectivity index (χ4n) is 1.05. The number of carbonyl (C=O) groups excluding carboxylic acids is 1. The molecular formula is C7F4N2O. The number of halogens is 4. The summed E-state index contributed by atoms with van der Waals surface area (Å²) in [5, 5.41) is 5.68. The van der Waals surface area contributed by atoms with Crippen LogP contribution in [-0.2, 0) is 0 Å². The van der Waals surface area contributed by atoms with Gasteiger partial charge in [0, 0.05) is 0 Å². The minimum absolute atomic E-state index is 0.897. The molecule has 0 saturated carbocycles. The molecule has 7 heteroatoms. The molecule has 0 saturated heterocycles. The van der Waals surface area contributed by atoms with E-state index in [1.54, 1.807) is 0 Å². The predicted octanol–water partition coefficient (Wildman–Crippen LogP) is 2.48. The first-order valence-electron chi connectivity index (χ1n) is 3.36. The van der Waals surface area contributed by atoms with E-state index in [1.165, 1.54) is 0 Å². The highest BCUT2D eigenvalue weighted by Gasteiger charge is 2.32. The van der Waals surface area contributed by atoms with Gasteiger partial charge in [-0.15, -0.1) is 10.2 Å². The molecule has 0 unspecified atom stereocenters. The lowest BCUT2D eigenvalue weighted by Crippen LogP contribution is -2.03. The first-order chi connectivity index (χ1) is 6.54. The first-order valence-corrected chi connectivity index (χ1v) is 3.36. The molecule has 0 N–H and O–H groups in total. The second-order valence-electron chi connectivity index (χ2n) is 2.48. The molecule has 0 bridgehead atoms. The molecule has 3 nitrogen and oxygen atoms in total. The van der Waals surface area contributed by atoms with Crippen LogP contribution in [0.25, 0.3) is 0 Å². The second-order valence-corrected chi connectivity index (χ2v) is 2.48. The topological polar surface area (TPSA) is 41.8 Å². The first kappa shape index (κ1) is 8.79. The third kappa shape index (κ3) is 0.889. The van der Waals surface area contributed by atoms with E-state index in [1.807, 2.05) is 0 Å². The summed E-state index contributed by atoms with van der Waals surface area (Å²) in [6.45, 7) is 0. The Kier molecular flexibility index (Phi) is 1.63. The Morgan fingerprint density at radius 1 is 0.786 bits per heavy atom. The zero-order chi connectivity index (χ0) is 10.5. The molecule has 0 aromatic heterocycles. The Morgan fingerprint density at radius 3 is 2.00 bits per heavy atom. The number of fused-ring (bicyclic) bond motifs is 1. The van der Waals surface area contributed by atoms with Crippen molar-refractivity contribution < 1.29 is 22.4 Å². The summed E-state index contributed by atoms with van der Waals surface area (Å²) in [5.74, 6) is -8.76. The number of benzene rings is 1. The van der Waals surface area contributed by atoms with Crippen LogP contribution in [0.15, 0.2) is 10.2 Å². The van der Waals surface area contributed by atoms with Crippen LogP contribution in [0.5, 0.6) is 0 Å².